The van der Waals surface area contributed by atoms with Gasteiger partial charge in [0, 0.05) is 10.6 Å². The number of aliphatic hydroxyl groups is 1. The summed E-state index contributed by atoms with van der Waals surface area (Å²) in [5.41, 5.74) is -1.89. The van der Waals surface area contributed by atoms with Crippen LogP contribution in [0.15, 0.2) is 24.3 Å². The number of carbonyl (C=O) groups is 1. The van der Waals surface area contributed by atoms with Gasteiger partial charge in [-0.2, -0.15) is 5.26 Å². The van der Waals surface area contributed by atoms with Gasteiger partial charge in [0.15, 0.2) is 0 Å². The van der Waals surface area contributed by atoms with Crippen LogP contribution in [0.4, 0.5) is 0 Å². The van der Waals surface area contributed by atoms with E-state index < -0.39 is 16.9 Å². The first-order valence-corrected chi connectivity index (χ1v) is 6.25. The van der Waals surface area contributed by atoms with E-state index in [9.17, 15) is 9.90 Å². The van der Waals surface area contributed by atoms with Gasteiger partial charge in [-0.05, 0) is 26.8 Å². The van der Waals surface area contributed by atoms with Gasteiger partial charge in [-0.25, -0.2) is 0 Å². The van der Waals surface area contributed by atoms with E-state index in [1.807, 2.05) is 6.07 Å². The number of hydrogen-bond acceptors (Lipinski definition) is 3. The van der Waals surface area contributed by atoms with Crippen molar-refractivity contribution in [3.05, 3.63) is 34.9 Å². The van der Waals surface area contributed by atoms with Crippen molar-refractivity contribution in [1.82, 2.24) is 5.32 Å². The Hall–Kier alpha value is -1.57. The molecule has 0 saturated carbocycles. The number of halogens is 1. The van der Waals surface area contributed by atoms with Crippen molar-refractivity contribution in [2.24, 2.45) is 5.41 Å². The van der Waals surface area contributed by atoms with Crippen molar-refractivity contribution in [2.75, 3.05) is 6.54 Å². The largest absolute Gasteiger partial charge is 0.384 e. The minimum atomic E-state index is -1.29. The predicted molar refractivity (Wildman–Crippen MR) is 73.4 cm³/mol. The van der Waals surface area contributed by atoms with Gasteiger partial charge in [0.25, 0.3) is 0 Å². The lowest BCUT2D eigenvalue weighted by Gasteiger charge is -2.26. The van der Waals surface area contributed by atoms with E-state index in [4.69, 9.17) is 16.9 Å². The quantitative estimate of drug-likeness (QED) is 0.888. The lowest BCUT2D eigenvalue weighted by molar-refractivity contribution is -0.128. The number of nitrogens with one attached hydrogen (secondary N) is 1. The first-order chi connectivity index (χ1) is 8.70. The molecule has 0 radical (unpaired) electrons. The number of nitrogens with zero attached hydrogens (tertiary/aromatic N) is 1. The van der Waals surface area contributed by atoms with Gasteiger partial charge in [0.05, 0.1) is 12.6 Å². The van der Waals surface area contributed by atoms with Crippen molar-refractivity contribution in [3.8, 4) is 6.07 Å². The van der Waals surface area contributed by atoms with Gasteiger partial charge < -0.3 is 10.4 Å². The van der Waals surface area contributed by atoms with E-state index in [1.165, 1.54) is 13.8 Å². The second-order valence-corrected chi connectivity index (χ2v) is 5.58. The van der Waals surface area contributed by atoms with Gasteiger partial charge in [0.1, 0.15) is 11.0 Å². The molecule has 1 aromatic carbocycles. The molecule has 4 nitrogen and oxygen atoms in total. The van der Waals surface area contributed by atoms with E-state index in [-0.39, 0.29) is 6.54 Å². The summed E-state index contributed by atoms with van der Waals surface area (Å²) < 4.78 is 0. The molecule has 0 aromatic heterocycles. The Labute approximate surface area is 118 Å². The fraction of sp³-hybridized carbons (Fsp3) is 0.429. The topological polar surface area (TPSA) is 73.1 Å². The van der Waals surface area contributed by atoms with Gasteiger partial charge in [-0.3, -0.25) is 4.79 Å². The molecular formula is C14H17ClN2O2. The molecule has 1 rings (SSSR count). The second kappa shape index (κ2) is 5.60. The molecule has 0 aliphatic heterocycles. The molecule has 1 amide bonds. The summed E-state index contributed by atoms with van der Waals surface area (Å²) in [6.07, 6.45) is 0. The van der Waals surface area contributed by atoms with Gasteiger partial charge >= 0.3 is 0 Å². The highest BCUT2D eigenvalue weighted by Gasteiger charge is 2.31. The summed E-state index contributed by atoms with van der Waals surface area (Å²) >= 11 is 6.02. The minimum Gasteiger partial charge on any atom is -0.384 e. The Kier molecular flexibility index (Phi) is 4.56. The average molecular weight is 281 g/mol. The summed E-state index contributed by atoms with van der Waals surface area (Å²) in [6, 6.07) is 8.80. The second-order valence-electron chi connectivity index (χ2n) is 5.17. The molecular weight excluding hydrogens is 264 g/mol. The first-order valence-electron chi connectivity index (χ1n) is 5.87. The Morgan fingerprint density at radius 3 is 2.53 bits per heavy atom. The normalized spacial score (nSPS) is 14.3. The lowest BCUT2D eigenvalue weighted by Crippen LogP contribution is -2.43. The van der Waals surface area contributed by atoms with Gasteiger partial charge in [-0.1, -0.05) is 29.8 Å². The number of nitriles is 1. The molecule has 0 aliphatic rings. The fourth-order valence-corrected chi connectivity index (χ4v) is 1.86. The standard InChI is InChI=1S/C14H17ClN2O2/c1-13(2,8-16)12(18)17-9-14(3,19)10-6-4-5-7-11(10)15/h4-7,19H,9H2,1-3H3,(H,17,18)/t14-/m1/s1. The maximum Gasteiger partial charge on any atom is 0.240 e. The number of amides is 1. The van der Waals surface area contributed by atoms with Crippen molar-refractivity contribution < 1.29 is 9.90 Å². The fourth-order valence-electron chi connectivity index (χ4n) is 1.52. The highest BCUT2D eigenvalue weighted by molar-refractivity contribution is 6.31. The Bertz CT molecular complexity index is 518. The number of benzene rings is 1. The van der Waals surface area contributed by atoms with E-state index in [2.05, 4.69) is 5.32 Å². The summed E-state index contributed by atoms with van der Waals surface area (Å²) in [5.74, 6) is -0.428. The summed E-state index contributed by atoms with van der Waals surface area (Å²) in [7, 11) is 0. The van der Waals surface area contributed by atoms with E-state index in [0.29, 0.717) is 10.6 Å². The predicted octanol–water partition coefficient (Wildman–Crippen LogP) is 2.21. The molecule has 19 heavy (non-hydrogen) atoms. The molecule has 0 spiro atoms. The van der Waals surface area contributed by atoms with Crippen LogP contribution in [-0.4, -0.2) is 17.6 Å². The van der Waals surface area contributed by atoms with Gasteiger partial charge in [0.2, 0.25) is 5.91 Å². The van der Waals surface area contributed by atoms with Gasteiger partial charge in [-0.15, -0.1) is 0 Å². The highest BCUT2D eigenvalue weighted by atomic mass is 35.5. The smallest absolute Gasteiger partial charge is 0.240 e. The number of hydrogen-bond donors (Lipinski definition) is 2. The zero-order valence-electron chi connectivity index (χ0n) is 11.2. The van der Waals surface area contributed by atoms with Crippen LogP contribution in [0.1, 0.15) is 26.3 Å². The van der Waals surface area contributed by atoms with Crippen molar-refractivity contribution in [1.29, 1.82) is 5.26 Å². The number of rotatable bonds is 4. The Morgan fingerprint density at radius 1 is 1.42 bits per heavy atom. The molecule has 0 saturated heterocycles. The molecule has 0 unspecified atom stereocenters. The van der Waals surface area contributed by atoms with Crippen LogP contribution in [0.2, 0.25) is 5.02 Å². The minimum absolute atomic E-state index is 0.0132. The van der Waals surface area contributed by atoms with E-state index in [0.717, 1.165) is 0 Å². The molecule has 5 heteroatoms. The maximum atomic E-state index is 11.8. The lowest BCUT2D eigenvalue weighted by atomic mass is 9.92. The molecule has 0 heterocycles. The maximum absolute atomic E-state index is 11.8. The van der Waals surface area contributed by atoms with Crippen LogP contribution < -0.4 is 5.32 Å². The first kappa shape index (κ1) is 15.5. The molecule has 2 N–H and O–H groups in total. The molecule has 1 aromatic rings. The molecule has 102 valence electrons. The van der Waals surface area contributed by atoms with Crippen LogP contribution in [0.25, 0.3) is 0 Å². The molecule has 0 aliphatic carbocycles. The summed E-state index contributed by atoms with van der Waals surface area (Å²) in [4.78, 5) is 11.8. The molecule has 1 atom stereocenters. The van der Waals surface area contributed by atoms with Crippen molar-refractivity contribution in [2.45, 2.75) is 26.4 Å². The third-order valence-electron chi connectivity index (χ3n) is 2.89. The Balaban J connectivity index is 2.80. The third-order valence-corrected chi connectivity index (χ3v) is 3.22. The summed E-state index contributed by atoms with van der Waals surface area (Å²) in [6.45, 7) is 4.59. The van der Waals surface area contributed by atoms with Crippen LogP contribution in [0, 0.1) is 16.7 Å². The zero-order chi connectivity index (χ0) is 14.7. The van der Waals surface area contributed by atoms with Crippen LogP contribution in [0.5, 0.6) is 0 Å². The van der Waals surface area contributed by atoms with Crippen molar-refractivity contribution >= 4 is 17.5 Å². The SMILES string of the molecule is CC(C)(C#N)C(=O)NC[C@@](C)(O)c1ccccc1Cl. The average Bonchev–Trinajstić information content (AvgIpc) is 2.36. The van der Waals surface area contributed by atoms with Crippen molar-refractivity contribution in [3.63, 3.8) is 0 Å². The number of carbonyl (C=O) groups excluding carboxylic acids is 1. The van der Waals surface area contributed by atoms with E-state index >= 15 is 0 Å². The molecule has 0 fully saturated rings. The Morgan fingerprint density at radius 2 is 2.00 bits per heavy atom. The van der Waals surface area contributed by atoms with E-state index in [1.54, 1.807) is 31.2 Å². The third kappa shape index (κ3) is 3.69. The zero-order valence-corrected chi connectivity index (χ0v) is 12.0. The van der Waals surface area contributed by atoms with Crippen LogP contribution >= 0.6 is 11.6 Å². The van der Waals surface area contributed by atoms with Crippen LogP contribution in [0.3, 0.4) is 0 Å². The monoisotopic (exact) mass is 280 g/mol. The highest BCUT2D eigenvalue weighted by Crippen LogP contribution is 2.27. The van der Waals surface area contributed by atoms with Crippen LogP contribution in [-0.2, 0) is 10.4 Å². The summed E-state index contributed by atoms with van der Waals surface area (Å²) in [5, 5.41) is 22.2. The molecule has 0 bridgehead atoms.